The molecule has 112 valence electrons. The van der Waals surface area contributed by atoms with Gasteiger partial charge in [-0.25, -0.2) is 0 Å². The zero-order valence-corrected chi connectivity index (χ0v) is 14.1. The Morgan fingerprint density at radius 1 is 0.905 bits per heavy atom. The standard InChI is InChI=1S/C21H28/c1-6-9-14-18(4)21(8-3,19(5)15-10-7-2)20-16-12-11-13-17-20/h6-7,9-17H,8H2,1-5H3/b9-6-,10-7-,18-14+,19-15+. The predicted molar refractivity (Wildman–Crippen MR) is 95.6 cm³/mol. The molecule has 0 aromatic heterocycles. The fourth-order valence-electron chi connectivity index (χ4n) is 3.02. The Kier molecular flexibility index (Phi) is 6.94. The Bertz CT molecular complexity index is 511. The lowest BCUT2D eigenvalue weighted by molar-refractivity contribution is 0.566. The van der Waals surface area contributed by atoms with Crippen molar-refractivity contribution in [3.63, 3.8) is 0 Å². The van der Waals surface area contributed by atoms with E-state index in [1.165, 1.54) is 16.7 Å². The van der Waals surface area contributed by atoms with Gasteiger partial charge in [-0.2, -0.15) is 0 Å². The molecule has 0 heteroatoms. The molecule has 0 saturated heterocycles. The maximum Gasteiger partial charge on any atom is 0.0368 e. The molecule has 0 nitrogen and oxygen atoms in total. The van der Waals surface area contributed by atoms with Crippen LogP contribution in [0.2, 0.25) is 0 Å². The molecule has 1 aromatic carbocycles. The van der Waals surface area contributed by atoms with Crippen molar-refractivity contribution in [3.8, 4) is 0 Å². The highest BCUT2D eigenvalue weighted by Gasteiger charge is 2.33. The summed E-state index contributed by atoms with van der Waals surface area (Å²) in [5, 5.41) is 0. The summed E-state index contributed by atoms with van der Waals surface area (Å²) in [6, 6.07) is 10.8. The summed E-state index contributed by atoms with van der Waals surface area (Å²) in [4.78, 5) is 0. The van der Waals surface area contributed by atoms with Crippen molar-refractivity contribution in [2.24, 2.45) is 0 Å². The van der Waals surface area contributed by atoms with E-state index in [1.807, 2.05) is 0 Å². The van der Waals surface area contributed by atoms with E-state index in [4.69, 9.17) is 0 Å². The third-order valence-corrected chi connectivity index (χ3v) is 4.22. The summed E-state index contributed by atoms with van der Waals surface area (Å²) in [5.74, 6) is 0. The van der Waals surface area contributed by atoms with Crippen molar-refractivity contribution in [2.45, 2.75) is 46.5 Å². The van der Waals surface area contributed by atoms with Crippen molar-refractivity contribution < 1.29 is 0 Å². The van der Waals surface area contributed by atoms with Gasteiger partial charge in [-0.1, -0.05) is 84.9 Å². The molecule has 0 radical (unpaired) electrons. The summed E-state index contributed by atoms with van der Waals surface area (Å²) in [6.45, 7) is 10.9. The lowest BCUT2D eigenvalue weighted by Gasteiger charge is -2.36. The molecule has 0 atom stereocenters. The van der Waals surface area contributed by atoms with Gasteiger partial charge in [-0.05, 0) is 39.7 Å². The zero-order valence-electron chi connectivity index (χ0n) is 14.1. The molecule has 0 aliphatic carbocycles. The van der Waals surface area contributed by atoms with Crippen LogP contribution in [0.4, 0.5) is 0 Å². The first-order valence-electron chi connectivity index (χ1n) is 7.79. The molecule has 1 aromatic rings. The van der Waals surface area contributed by atoms with Crippen LogP contribution in [0, 0.1) is 0 Å². The van der Waals surface area contributed by atoms with E-state index in [-0.39, 0.29) is 5.41 Å². The SMILES string of the molecule is C/C=C\C=C(/C)C(CC)(/C(C)=C/C=C\C)c1ccccc1. The summed E-state index contributed by atoms with van der Waals surface area (Å²) < 4.78 is 0. The molecule has 0 unspecified atom stereocenters. The van der Waals surface area contributed by atoms with Crippen molar-refractivity contribution in [2.75, 3.05) is 0 Å². The lowest BCUT2D eigenvalue weighted by atomic mass is 9.67. The average Bonchev–Trinajstić information content (AvgIpc) is 2.53. The van der Waals surface area contributed by atoms with Crippen LogP contribution in [0.15, 0.2) is 77.9 Å². The van der Waals surface area contributed by atoms with E-state index in [0.717, 1.165) is 6.42 Å². The smallest absolute Gasteiger partial charge is 0.0368 e. The second-order valence-corrected chi connectivity index (χ2v) is 5.38. The quantitative estimate of drug-likeness (QED) is 0.530. The fourth-order valence-corrected chi connectivity index (χ4v) is 3.02. The van der Waals surface area contributed by atoms with Gasteiger partial charge >= 0.3 is 0 Å². The van der Waals surface area contributed by atoms with E-state index >= 15 is 0 Å². The number of hydrogen-bond donors (Lipinski definition) is 0. The van der Waals surface area contributed by atoms with E-state index in [0.29, 0.717) is 0 Å². The summed E-state index contributed by atoms with van der Waals surface area (Å²) in [7, 11) is 0. The van der Waals surface area contributed by atoms with Crippen molar-refractivity contribution >= 4 is 0 Å². The molecule has 0 bridgehead atoms. The van der Waals surface area contributed by atoms with Gasteiger partial charge in [0.2, 0.25) is 0 Å². The van der Waals surface area contributed by atoms with E-state index < -0.39 is 0 Å². The number of allylic oxidation sites excluding steroid dienone is 8. The Labute approximate surface area is 130 Å². The minimum absolute atomic E-state index is 0.0275. The fraction of sp³-hybridized carbons (Fsp3) is 0.333. The normalized spacial score (nSPS) is 16.6. The maximum atomic E-state index is 2.27. The highest BCUT2D eigenvalue weighted by Crippen LogP contribution is 2.42. The Morgan fingerprint density at radius 3 is 1.76 bits per heavy atom. The Morgan fingerprint density at radius 2 is 1.38 bits per heavy atom. The van der Waals surface area contributed by atoms with Crippen molar-refractivity contribution in [1.29, 1.82) is 0 Å². The van der Waals surface area contributed by atoms with Crippen LogP contribution in [-0.4, -0.2) is 0 Å². The zero-order chi connectivity index (χ0) is 15.7. The van der Waals surface area contributed by atoms with Gasteiger partial charge in [0.05, 0.1) is 0 Å². The molecule has 0 heterocycles. The van der Waals surface area contributed by atoms with E-state index in [2.05, 4.69) is 101 Å². The first-order valence-corrected chi connectivity index (χ1v) is 7.79. The molecule has 21 heavy (non-hydrogen) atoms. The third-order valence-electron chi connectivity index (χ3n) is 4.22. The number of rotatable bonds is 6. The summed E-state index contributed by atoms with van der Waals surface area (Å²) in [5.41, 5.74) is 4.10. The highest BCUT2D eigenvalue weighted by molar-refractivity contribution is 5.47. The molecule has 0 aliphatic heterocycles. The molecule has 1 rings (SSSR count). The summed E-state index contributed by atoms with van der Waals surface area (Å²) in [6.07, 6.45) is 14.0. The van der Waals surface area contributed by atoms with Gasteiger partial charge in [0, 0.05) is 5.41 Å². The monoisotopic (exact) mass is 280 g/mol. The topological polar surface area (TPSA) is 0 Å². The maximum absolute atomic E-state index is 2.27. The number of benzene rings is 1. The molecule has 0 aliphatic rings. The van der Waals surface area contributed by atoms with Gasteiger partial charge < -0.3 is 0 Å². The van der Waals surface area contributed by atoms with Gasteiger partial charge in [0.25, 0.3) is 0 Å². The highest BCUT2D eigenvalue weighted by atomic mass is 14.4. The molecule has 0 amide bonds. The minimum Gasteiger partial charge on any atom is -0.0877 e. The second-order valence-electron chi connectivity index (χ2n) is 5.38. The van der Waals surface area contributed by atoms with Crippen molar-refractivity contribution in [1.82, 2.24) is 0 Å². The minimum atomic E-state index is -0.0275. The van der Waals surface area contributed by atoms with Crippen LogP contribution in [0.5, 0.6) is 0 Å². The van der Waals surface area contributed by atoms with Crippen molar-refractivity contribution in [3.05, 3.63) is 83.5 Å². The van der Waals surface area contributed by atoms with Gasteiger partial charge in [-0.3, -0.25) is 0 Å². The lowest BCUT2D eigenvalue weighted by Crippen LogP contribution is -2.28. The van der Waals surface area contributed by atoms with E-state index in [1.54, 1.807) is 0 Å². The van der Waals surface area contributed by atoms with Crippen LogP contribution >= 0.6 is 0 Å². The molecule has 0 spiro atoms. The molecule has 0 N–H and O–H groups in total. The molecular formula is C21H28. The van der Waals surface area contributed by atoms with Crippen LogP contribution in [0.1, 0.15) is 46.6 Å². The first-order chi connectivity index (χ1) is 10.1. The third kappa shape index (κ3) is 3.85. The molecule has 0 saturated carbocycles. The predicted octanol–water partition coefficient (Wildman–Crippen LogP) is 6.38. The van der Waals surface area contributed by atoms with Crippen LogP contribution in [0.3, 0.4) is 0 Å². The second kappa shape index (κ2) is 8.46. The Hall–Kier alpha value is -1.82. The van der Waals surface area contributed by atoms with Crippen LogP contribution in [0.25, 0.3) is 0 Å². The average molecular weight is 280 g/mol. The van der Waals surface area contributed by atoms with Gasteiger partial charge in [-0.15, -0.1) is 0 Å². The largest absolute Gasteiger partial charge is 0.0877 e. The van der Waals surface area contributed by atoms with Gasteiger partial charge in [0.15, 0.2) is 0 Å². The van der Waals surface area contributed by atoms with Crippen LogP contribution in [-0.2, 0) is 5.41 Å². The van der Waals surface area contributed by atoms with Crippen LogP contribution < -0.4 is 0 Å². The number of hydrogen-bond acceptors (Lipinski definition) is 0. The summed E-state index contributed by atoms with van der Waals surface area (Å²) >= 11 is 0. The molecule has 0 fully saturated rings. The first kappa shape index (κ1) is 17.2. The Balaban J connectivity index is 3.53. The van der Waals surface area contributed by atoms with Gasteiger partial charge in [0.1, 0.15) is 0 Å². The molecular weight excluding hydrogens is 252 g/mol. The van der Waals surface area contributed by atoms with E-state index in [9.17, 15) is 0 Å².